The summed E-state index contributed by atoms with van der Waals surface area (Å²) in [7, 11) is 0. The average molecular weight is 780 g/mol. The lowest BCUT2D eigenvalue weighted by Crippen LogP contribution is -2.61. The molecule has 0 spiro atoms. The first-order valence-electron chi connectivity index (χ1n) is 18.5. The molecule has 0 radical (unpaired) electrons. The minimum absolute atomic E-state index is 0.0897. The molecule has 304 valence electrons. The second-order valence-corrected chi connectivity index (χ2v) is 14.1. The number of aromatic amines is 1. The summed E-state index contributed by atoms with van der Waals surface area (Å²) in [4.78, 5) is 94.3. The number of benzene rings is 2. The lowest BCUT2D eigenvalue weighted by molar-refractivity contribution is -0.143. The van der Waals surface area contributed by atoms with Gasteiger partial charge in [-0.05, 0) is 35.4 Å². The van der Waals surface area contributed by atoms with E-state index in [9.17, 15) is 48.9 Å². The van der Waals surface area contributed by atoms with Gasteiger partial charge in [-0.1, -0.05) is 82.6 Å². The van der Waals surface area contributed by atoms with Crippen LogP contribution in [-0.4, -0.2) is 105 Å². The number of H-pyrrole nitrogens is 1. The van der Waals surface area contributed by atoms with Gasteiger partial charge in [-0.25, -0.2) is 4.79 Å². The molecular formula is C39H53N7O10. The Morgan fingerprint density at radius 2 is 1.27 bits per heavy atom. The first kappa shape index (κ1) is 44.6. The normalized spacial score (nSPS) is 15.0. The number of amides is 5. The van der Waals surface area contributed by atoms with E-state index >= 15 is 0 Å². The Kier molecular flexibility index (Phi) is 17.0. The average Bonchev–Trinajstić information content (AvgIpc) is 3.58. The number of carbonyl (C=O) groups excluding carboxylic acids is 5. The standard InChI is InChI=1S/C39H53N7O10/c1-5-22(4)33(46-36(52)30(20-47)45-37(53)32(40)21(2)3)38(54)43-28(17-23-11-7-6-8-12-23)35(51)42-27(15-16-31(48)49)34(50)44-29(39(55)56)18-24-19-41-26-14-10-9-13-25(24)26/h6-14,19,21-22,27-30,32-33,41,47H,5,15-18,20,40H2,1-4H3,(H,42,51)(H,43,54)(H,44,50)(H,45,53)(H,46,52)(H,48,49)(H,55,56)/t22-,27-,28-,29-,30-,32-,33-/m0/s1. The van der Waals surface area contributed by atoms with Crippen LogP contribution in [0.15, 0.2) is 60.8 Å². The third kappa shape index (κ3) is 12.9. The number of carbonyl (C=O) groups is 7. The summed E-state index contributed by atoms with van der Waals surface area (Å²) in [5.41, 5.74) is 7.87. The fourth-order valence-corrected chi connectivity index (χ4v) is 5.84. The number of carboxylic acid groups (broad SMARTS) is 2. The van der Waals surface area contributed by atoms with Gasteiger partial charge < -0.3 is 52.6 Å². The van der Waals surface area contributed by atoms with Crippen molar-refractivity contribution < 1.29 is 48.9 Å². The predicted molar refractivity (Wildman–Crippen MR) is 206 cm³/mol. The molecule has 7 atom stereocenters. The third-order valence-electron chi connectivity index (χ3n) is 9.54. The highest BCUT2D eigenvalue weighted by Crippen LogP contribution is 2.19. The van der Waals surface area contributed by atoms with Crippen LogP contribution in [0.3, 0.4) is 0 Å². The molecule has 0 aliphatic heterocycles. The number of aliphatic carboxylic acids is 2. The maximum atomic E-state index is 14.0. The molecule has 2 aromatic carbocycles. The molecule has 56 heavy (non-hydrogen) atoms. The van der Waals surface area contributed by atoms with Crippen molar-refractivity contribution in [3.05, 3.63) is 71.9 Å². The highest BCUT2D eigenvalue weighted by Gasteiger charge is 2.35. The molecule has 3 aromatic rings. The number of aliphatic hydroxyl groups excluding tert-OH is 1. The second-order valence-electron chi connectivity index (χ2n) is 14.1. The topological polar surface area (TPSA) is 282 Å². The Balaban J connectivity index is 1.86. The maximum Gasteiger partial charge on any atom is 0.326 e. The number of carboxylic acids is 2. The van der Waals surface area contributed by atoms with Crippen molar-refractivity contribution in [3.63, 3.8) is 0 Å². The highest BCUT2D eigenvalue weighted by atomic mass is 16.4. The molecule has 0 saturated heterocycles. The Morgan fingerprint density at radius 3 is 1.88 bits per heavy atom. The van der Waals surface area contributed by atoms with Gasteiger partial charge in [0.05, 0.1) is 12.6 Å². The summed E-state index contributed by atoms with van der Waals surface area (Å²) in [5.74, 6) is -7.56. The maximum absolute atomic E-state index is 14.0. The van der Waals surface area contributed by atoms with Crippen molar-refractivity contribution in [3.8, 4) is 0 Å². The lowest BCUT2D eigenvalue weighted by atomic mass is 9.96. The molecule has 1 heterocycles. The van der Waals surface area contributed by atoms with Crippen LogP contribution < -0.4 is 32.3 Å². The number of hydrogen-bond acceptors (Lipinski definition) is 9. The number of fused-ring (bicyclic) bond motifs is 1. The number of para-hydroxylation sites is 1. The fraction of sp³-hybridized carbons (Fsp3) is 0.462. The predicted octanol–water partition coefficient (Wildman–Crippen LogP) is 0.348. The fourth-order valence-electron chi connectivity index (χ4n) is 5.84. The van der Waals surface area contributed by atoms with Crippen molar-refractivity contribution in [1.29, 1.82) is 0 Å². The van der Waals surface area contributed by atoms with E-state index in [-0.39, 0.29) is 18.8 Å². The second kappa shape index (κ2) is 21.3. The Hall–Kier alpha value is -5.81. The summed E-state index contributed by atoms with van der Waals surface area (Å²) in [6.07, 6.45) is 0.854. The molecule has 0 bridgehead atoms. The number of hydrogen-bond donors (Lipinski definition) is 10. The summed E-state index contributed by atoms with van der Waals surface area (Å²) in [6.45, 7) is 6.08. The summed E-state index contributed by atoms with van der Waals surface area (Å²) in [6, 6.07) is 7.79. The van der Waals surface area contributed by atoms with Crippen LogP contribution >= 0.6 is 0 Å². The number of aliphatic hydroxyl groups is 1. The number of nitrogens with two attached hydrogens (primary N) is 1. The van der Waals surface area contributed by atoms with Crippen LogP contribution in [-0.2, 0) is 46.4 Å². The molecule has 0 aliphatic rings. The van der Waals surface area contributed by atoms with Gasteiger partial charge in [0.15, 0.2) is 0 Å². The molecule has 17 heteroatoms. The van der Waals surface area contributed by atoms with E-state index in [0.29, 0.717) is 17.5 Å². The molecule has 1 aromatic heterocycles. The van der Waals surface area contributed by atoms with E-state index in [4.69, 9.17) is 5.73 Å². The van der Waals surface area contributed by atoms with Crippen molar-refractivity contribution in [2.24, 2.45) is 17.6 Å². The van der Waals surface area contributed by atoms with E-state index in [1.165, 1.54) is 0 Å². The van der Waals surface area contributed by atoms with Gasteiger partial charge in [0, 0.05) is 36.4 Å². The first-order valence-corrected chi connectivity index (χ1v) is 18.5. The molecule has 0 fully saturated rings. The van der Waals surface area contributed by atoms with Gasteiger partial charge in [0.2, 0.25) is 29.5 Å². The minimum Gasteiger partial charge on any atom is -0.481 e. The Labute approximate surface area is 324 Å². The Bertz CT molecular complexity index is 1830. The van der Waals surface area contributed by atoms with Crippen LogP contribution in [0.2, 0.25) is 0 Å². The summed E-state index contributed by atoms with van der Waals surface area (Å²) < 4.78 is 0. The number of nitrogens with one attached hydrogen (secondary N) is 6. The zero-order chi connectivity index (χ0) is 41.5. The van der Waals surface area contributed by atoms with Crippen molar-refractivity contribution in [1.82, 2.24) is 31.6 Å². The van der Waals surface area contributed by atoms with Gasteiger partial charge in [-0.15, -0.1) is 0 Å². The van der Waals surface area contributed by atoms with E-state index in [2.05, 4.69) is 31.6 Å². The molecular weight excluding hydrogens is 726 g/mol. The largest absolute Gasteiger partial charge is 0.481 e. The highest BCUT2D eigenvalue weighted by molar-refractivity contribution is 5.97. The molecule has 11 N–H and O–H groups in total. The third-order valence-corrected chi connectivity index (χ3v) is 9.54. The number of rotatable bonds is 22. The van der Waals surface area contributed by atoms with Crippen LogP contribution in [0.4, 0.5) is 0 Å². The van der Waals surface area contributed by atoms with Gasteiger partial charge >= 0.3 is 11.9 Å². The monoisotopic (exact) mass is 779 g/mol. The zero-order valence-electron chi connectivity index (χ0n) is 31.9. The van der Waals surface area contributed by atoms with Gasteiger partial charge in [0.1, 0.15) is 30.2 Å². The van der Waals surface area contributed by atoms with Crippen molar-refractivity contribution in [2.45, 2.75) is 96.1 Å². The van der Waals surface area contributed by atoms with Crippen molar-refractivity contribution in [2.75, 3.05) is 6.61 Å². The SMILES string of the molecule is CC[C@H](C)[C@H](NC(=O)[C@H](CO)NC(=O)[C@@H](N)C(C)C)C(=O)N[C@@H](Cc1ccccc1)C(=O)N[C@@H](CCC(=O)O)C(=O)N[C@@H](Cc1c[nH]c2ccccc12)C(=O)O. The molecule has 0 unspecified atom stereocenters. The van der Waals surface area contributed by atoms with Gasteiger partial charge in [-0.3, -0.25) is 28.8 Å². The molecule has 5 amide bonds. The lowest BCUT2D eigenvalue weighted by Gasteiger charge is -2.29. The quantitative estimate of drug-likeness (QED) is 0.0664. The van der Waals surface area contributed by atoms with Crippen LogP contribution in [0.25, 0.3) is 10.9 Å². The van der Waals surface area contributed by atoms with Gasteiger partial charge in [0.25, 0.3) is 0 Å². The van der Waals surface area contributed by atoms with E-state index in [1.54, 1.807) is 76.4 Å². The molecule has 3 rings (SSSR count). The van der Waals surface area contributed by atoms with Gasteiger partial charge in [-0.2, -0.15) is 0 Å². The van der Waals surface area contributed by atoms with Crippen LogP contribution in [0, 0.1) is 11.8 Å². The van der Waals surface area contributed by atoms with Crippen LogP contribution in [0.5, 0.6) is 0 Å². The van der Waals surface area contributed by atoms with Crippen LogP contribution in [0.1, 0.15) is 58.1 Å². The smallest absolute Gasteiger partial charge is 0.326 e. The summed E-state index contributed by atoms with van der Waals surface area (Å²) in [5, 5.41) is 42.7. The Morgan fingerprint density at radius 1 is 0.696 bits per heavy atom. The van der Waals surface area contributed by atoms with E-state index < -0.39 is 103 Å². The molecule has 0 saturated carbocycles. The molecule has 17 nitrogen and oxygen atoms in total. The zero-order valence-corrected chi connectivity index (χ0v) is 31.9. The van der Waals surface area contributed by atoms with Crippen molar-refractivity contribution >= 4 is 52.4 Å². The number of aromatic nitrogens is 1. The molecule has 0 aliphatic carbocycles. The summed E-state index contributed by atoms with van der Waals surface area (Å²) >= 11 is 0. The first-order chi connectivity index (χ1) is 26.6. The van der Waals surface area contributed by atoms with E-state index in [1.807, 2.05) is 12.1 Å². The van der Waals surface area contributed by atoms with E-state index in [0.717, 1.165) is 10.9 Å². The minimum atomic E-state index is -1.52.